The Morgan fingerprint density at radius 3 is 2.34 bits per heavy atom. The molecule has 4 bridgehead atoms. The predicted molar refractivity (Wildman–Crippen MR) is 106 cm³/mol. The highest BCUT2D eigenvalue weighted by atomic mass is 32.2. The number of sulfonamides is 1. The fourth-order valence-electron chi connectivity index (χ4n) is 5.79. The molecule has 0 radical (unpaired) electrons. The van der Waals surface area contributed by atoms with Crippen molar-refractivity contribution < 1.29 is 22.7 Å². The zero-order chi connectivity index (χ0) is 21.2. The van der Waals surface area contributed by atoms with Gasteiger partial charge in [0.05, 0.1) is 5.60 Å². The Morgan fingerprint density at radius 2 is 1.79 bits per heavy atom. The summed E-state index contributed by atoms with van der Waals surface area (Å²) < 4.78 is 41.0. The maximum atomic E-state index is 14.1. The van der Waals surface area contributed by atoms with E-state index in [-0.39, 0.29) is 17.9 Å². The van der Waals surface area contributed by atoms with Crippen molar-refractivity contribution in [3.05, 3.63) is 30.1 Å². The van der Waals surface area contributed by atoms with Crippen molar-refractivity contribution in [2.24, 2.45) is 17.8 Å². The number of amides is 1. The van der Waals surface area contributed by atoms with Crippen molar-refractivity contribution in [3.8, 4) is 0 Å². The molecular weight excluding hydrogens is 395 g/mol. The van der Waals surface area contributed by atoms with Crippen LogP contribution in [0.2, 0.25) is 0 Å². The molecular formula is C21H29FN2O4S. The second-order valence-electron chi connectivity index (χ2n) is 9.66. The Hall–Kier alpha value is -1.51. The van der Waals surface area contributed by atoms with E-state index in [0.29, 0.717) is 18.8 Å². The molecule has 4 fully saturated rings. The maximum absolute atomic E-state index is 14.1. The van der Waals surface area contributed by atoms with E-state index in [2.05, 4.69) is 5.32 Å². The van der Waals surface area contributed by atoms with E-state index in [1.807, 2.05) is 0 Å². The number of likely N-dealkylation sites (N-methyl/N-ethyl adjacent to an activating group) is 1. The molecule has 29 heavy (non-hydrogen) atoms. The van der Waals surface area contributed by atoms with Gasteiger partial charge in [-0.05, 0) is 75.8 Å². The van der Waals surface area contributed by atoms with E-state index in [1.165, 1.54) is 39.1 Å². The van der Waals surface area contributed by atoms with Crippen LogP contribution in [-0.4, -0.2) is 48.0 Å². The standard InChI is InChI=1S/C21H29FN2O4S/c1-20(2,24(3)29(27,28)17-7-5-4-6-16(17)22)19(25)23-18-14-8-13-9-15(18)12-21(26,10-13)11-14/h4-7,13-15,18,26H,8-12H2,1-3H3,(H,23,25). The molecule has 4 saturated carbocycles. The highest BCUT2D eigenvalue weighted by Gasteiger charge is 2.55. The number of aliphatic hydroxyl groups is 1. The van der Waals surface area contributed by atoms with Gasteiger partial charge in [0.2, 0.25) is 15.9 Å². The van der Waals surface area contributed by atoms with Gasteiger partial charge in [0.1, 0.15) is 16.3 Å². The Bertz CT molecular complexity index is 916. The van der Waals surface area contributed by atoms with Crippen LogP contribution in [0.15, 0.2) is 29.2 Å². The summed E-state index contributed by atoms with van der Waals surface area (Å²) in [6, 6.07) is 5.12. The van der Waals surface area contributed by atoms with Crippen LogP contribution in [-0.2, 0) is 14.8 Å². The van der Waals surface area contributed by atoms with Crippen LogP contribution >= 0.6 is 0 Å². The normalized spacial score (nSPS) is 33.9. The van der Waals surface area contributed by atoms with Crippen molar-refractivity contribution in [2.45, 2.75) is 68.0 Å². The molecule has 2 N–H and O–H groups in total. The molecule has 6 nitrogen and oxygen atoms in total. The van der Waals surface area contributed by atoms with Gasteiger partial charge in [-0.25, -0.2) is 12.8 Å². The van der Waals surface area contributed by atoms with Gasteiger partial charge >= 0.3 is 0 Å². The van der Waals surface area contributed by atoms with Gasteiger partial charge in [-0.15, -0.1) is 0 Å². The van der Waals surface area contributed by atoms with Crippen molar-refractivity contribution in [1.29, 1.82) is 0 Å². The van der Waals surface area contributed by atoms with E-state index in [4.69, 9.17) is 0 Å². The molecule has 0 aliphatic heterocycles. The second kappa shape index (κ2) is 6.75. The largest absolute Gasteiger partial charge is 0.390 e. The number of rotatable bonds is 5. The number of hydrogen-bond acceptors (Lipinski definition) is 4. The van der Waals surface area contributed by atoms with Crippen LogP contribution in [0.3, 0.4) is 0 Å². The van der Waals surface area contributed by atoms with Gasteiger partial charge in [-0.1, -0.05) is 12.1 Å². The van der Waals surface area contributed by atoms with Crippen molar-refractivity contribution in [3.63, 3.8) is 0 Å². The summed E-state index contributed by atoms with van der Waals surface area (Å²) in [5, 5.41) is 13.8. The van der Waals surface area contributed by atoms with Crippen LogP contribution in [0, 0.1) is 23.6 Å². The summed E-state index contributed by atoms with van der Waals surface area (Å²) in [5.74, 6) is -0.282. The molecule has 1 amide bonds. The Labute approximate surface area is 171 Å². The number of carbonyl (C=O) groups excluding carboxylic acids is 1. The first-order valence-corrected chi connectivity index (χ1v) is 11.6. The Balaban J connectivity index is 1.53. The monoisotopic (exact) mass is 424 g/mol. The van der Waals surface area contributed by atoms with E-state index in [9.17, 15) is 22.7 Å². The van der Waals surface area contributed by atoms with E-state index in [1.54, 1.807) is 0 Å². The smallest absolute Gasteiger partial charge is 0.246 e. The molecule has 1 aromatic carbocycles. The van der Waals surface area contributed by atoms with Gasteiger partial charge in [-0.3, -0.25) is 4.79 Å². The highest BCUT2D eigenvalue weighted by Crippen LogP contribution is 2.55. The summed E-state index contributed by atoms with van der Waals surface area (Å²) in [7, 11) is -2.88. The lowest BCUT2D eigenvalue weighted by molar-refractivity contribution is -0.149. The number of halogens is 1. The molecule has 0 aromatic heterocycles. The second-order valence-corrected chi connectivity index (χ2v) is 11.6. The third kappa shape index (κ3) is 3.39. The molecule has 2 atom stereocenters. The van der Waals surface area contributed by atoms with Gasteiger partial charge in [0.25, 0.3) is 0 Å². The zero-order valence-electron chi connectivity index (χ0n) is 17.1. The first-order valence-electron chi connectivity index (χ1n) is 10.2. The lowest BCUT2D eigenvalue weighted by Crippen LogP contribution is -2.65. The number of carbonyl (C=O) groups is 1. The number of hydrogen-bond donors (Lipinski definition) is 2. The number of nitrogens with one attached hydrogen (secondary N) is 1. The van der Waals surface area contributed by atoms with E-state index < -0.39 is 37.8 Å². The van der Waals surface area contributed by atoms with Gasteiger partial charge < -0.3 is 10.4 Å². The first kappa shape index (κ1) is 20.8. The average Bonchev–Trinajstić information content (AvgIpc) is 2.62. The SMILES string of the molecule is CN(C(C)(C)C(=O)NC1C2CC3CC1CC(O)(C3)C2)S(=O)(=O)c1ccccc1F. The van der Waals surface area contributed by atoms with Crippen LogP contribution in [0.25, 0.3) is 0 Å². The summed E-state index contributed by atoms with van der Waals surface area (Å²) >= 11 is 0. The lowest BCUT2D eigenvalue weighted by atomic mass is 9.52. The zero-order valence-corrected chi connectivity index (χ0v) is 17.9. The van der Waals surface area contributed by atoms with Crippen LogP contribution in [0.5, 0.6) is 0 Å². The summed E-state index contributed by atoms with van der Waals surface area (Å²) in [4.78, 5) is 12.7. The number of nitrogens with zero attached hydrogens (tertiary/aromatic N) is 1. The Kier molecular flexibility index (Phi) is 4.83. The summed E-state index contributed by atoms with van der Waals surface area (Å²) in [6.45, 7) is 3.06. The molecule has 1 aromatic rings. The minimum atomic E-state index is -4.19. The molecule has 2 unspecified atom stereocenters. The van der Waals surface area contributed by atoms with Gasteiger partial charge in [0, 0.05) is 13.1 Å². The van der Waals surface area contributed by atoms with Crippen molar-refractivity contribution in [1.82, 2.24) is 9.62 Å². The molecule has 0 spiro atoms. The van der Waals surface area contributed by atoms with Crippen molar-refractivity contribution in [2.75, 3.05) is 7.05 Å². The fraction of sp³-hybridized carbons (Fsp3) is 0.667. The maximum Gasteiger partial charge on any atom is 0.246 e. The van der Waals surface area contributed by atoms with Gasteiger partial charge in [-0.2, -0.15) is 4.31 Å². The third-order valence-electron chi connectivity index (χ3n) is 7.36. The molecule has 5 rings (SSSR count). The summed E-state index contributed by atoms with van der Waals surface area (Å²) in [5.41, 5.74) is -2.00. The van der Waals surface area contributed by atoms with Crippen LogP contribution in [0.4, 0.5) is 4.39 Å². The molecule has 0 heterocycles. The minimum absolute atomic E-state index is 0.0526. The van der Waals surface area contributed by atoms with E-state index in [0.717, 1.165) is 29.6 Å². The van der Waals surface area contributed by atoms with Gasteiger partial charge in [0.15, 0.2) is 0 Å². The Morgan fingerprint density at radius 1 is 1.21 bits per heavy atom. The third-order valence-corrected chi connectivity index (χ3v) is 9.42. The minimum Gasteiger partial charge on any atom is -0.390 e. The molecule has 4 aliphatic rings. The van der Waals surface area contributed by atoms with Crippen LogP contribution < -0.4 is 5.32 Å². The number of benzene rings is 1. The lowest BCUT2D eigenvalue weighted by Gasteiger charge is -2.58. The fourth-order valence-corrected chi connectivity index (χ4v) is 7.33. The summed E-state index contributed by atoms with van der Waals surface area (Å²) in [6.07, 6.45) is 4.22. The molecule has 4 aliphatic carbocycles. The quantitative estimate of drug-likeness (QED) is 0.759. The first-order chi connectivity index (χ1) is 13.4. The van der Waals surface area contributed by atoms with Crippen LogP contribution in [0.1, 0.15) is 46.0 Å². The average molecular weight is 425 g/mol. The topological polar surface area (TPSA) is 86.7 Å². The molecule has 8 heteroatoms. The highest BCUT2D eigenvalue weighted by molar-refractivity contribution is 7.89. The molecule has 0 saturated heterocycles. The van der Waals surface area contributed by atoms with E-state index >= 15 is 0 Å². The molecule has 160 valence electrons. The van der Waals surface area contributed by atoms with Crippen molar-refractivity contribution >= 4 is 15.9 Å². The predicted octanol–water partition coefficient (Wildman–Crippen LogP) is 2.28.